The van der Waals surface area contributed by atoms with E-state index >= 15 is 0 Å². The zero-order chi connectivity index (χ0) is 16.8. The van der Waals surface area contributed by atoms with Crippen LogP contribution in [0.2, 0.25) is 0 Å². The molecule has 2 rings (SSSR count). The first-order valence-corrected chi connectivity index (χ1v) is 6.94. The van der Waals surface area contributed by atoms with Gasteiger partial charge in [0, 0.05) is 17.8 Å². The minimum Gasteiger partial charge on any atom is -0.496 e. The molecule has 0 aliphatic rings. The van der Waals surface area contributed by atoms with Crippen molar-refractivity contribution in [3.8, 4) is 17.2 Å². The van der Waals surface area contributed by atoms with E-state index in [-0.39, 0.29) is 12.5 Å². The summed E-state index contributed by atoms with van der Waals surface area (Å²) in [4.78, 5) is 12.5. The number of aliphatic hydroxyl groups excluding tert-OH is 1. The molecule has 6 heteroatoms. The molecule has 2 N–H and O–H groups in total. The van der Waals surface area contributed by atoms with Crippen molar-refractivity contribution in [3.63, 3.8) is 0 Å². The zero-order valence-electron chi connectivity index (χ0n) is 13.3. The van der Waals surface area contributed by atoms with E-state index in [0.717, 1.165) is 0 Å². The van der Waals surface area contributed by atoms with E-state index in [1.165, 1.54) is 21.3 Å². The number of carbonyl (C=O) groups excluding carboxylic acids is 1. The highest BCUT2D eigenvalue weighted by atomic mass is 16.5. The summed E-state index contributed by atoms with van der Waals surface area (Å²) in [5, 5.41) is 11.9. The summed E-state index contributed by atoms with van der Waals surface area (Å²) in [5.41, 5.74) is 1.61. The maximum absolute atomic E-state index is 12.5. The lowest BCUT2D eigenvalue weighted by atomic mass is 10.1. The van der Waals surface area contributed by atoms with Gasteiger partial charge in [-0.25, -0.2) is 0 Å². The maximum Gasteiger partial charge on any atom is 0.259 e. The molecule has 122 valence electrons. The van der Waals surface area contributed by atoms with Gasteiger partial charge in [0.25, 0.3) is 5.91 Å². The minimum absolute atomic E-state index is 0.0939. The summed E-state index contributed by atoms with van der Waals surface area (Å²) in [6.45, 7) is -0.0939. The lowest BCUT2D eigenvalue weighted by molar-refractivity contribution is 0.102. The standard InChI is InChI=1S/C17H19NO5/c1-21-14-9-16(23-3)15(22-2)8-13(14)17(20)18-12-6-4-5-11(7-12)10-19/h4-9,19H,10H2,1-3H3,(H,18,20). The molecule has 0 radical (unpaired) electrons. The fourth-order valence-electron chi connectivity index (χ4n) is 2.15. The minimum atomic E-state index is -0.349. The van der Waals surface area contributed by atoms with Gasteiger partial charge in [0.1, 0.15) is 5.75 Å². The fraction of sp³-hybridized carbons (Fsp3) is 0.235. The summed E-state index contributed by atoms with van der Waals surface area (Å²) in [7, 11) is 4.48. The van der Waals surface area contributed by atoms with E-state index in [4.69, 9.17) is 19.3 Å². The van der Waals surface area contributed by atoms with Gasteiger partial charge in [-0.3, -0.25) is 4.79 Å². The molecule has 0 aliphatic heterocycles. The summed E-state index contributed by atoms with van der Waals surface area (Å²) in [5.74, 6) is 0.932. The Labute approximate surface area is 134 Å². The Kier molecular flexibility index (Phi) is 5.43. The smallest absolute Gasteiger partial charge is 0.259 e. The normalized spacial score (nSPS) is 10.1. The third-order valence-corrected chi connectivity index (χ3v) is 3.32. The molecule has 2 aromatic rings. The van der Waals surface area contributed by atoms with Crippen LogP contribution in [0.3, 0.4) is 0 Å². The van der Waals surface area contributed by atoms with Gasteiger partial charge >= 0.3 is 0 Å². The van der Waals surface area contributed by atoms with Gasteiger partial charge in [0.15, 0.2) is 11.5 Å². The third kappa shape index (κ3) is 3.73. The van der Waals surface area contributed by atoms with E-state index in [9.17, 15) is 4.79 Å². The highest BCUT2D eigenvalue weighted by molar-refractivity contribution is 6.06. The quantitative estimate of drug-likeness (QED) is 0.856. The van der Waals surface area contributed by atoms with E-state index in [1.807, 2.05) is 0 Å². The summed E-state index contributed by atoms with van der Waals surface area (Å²) < 4.78 is 15.7. The lowest BCUT2D eigenvalue weighted by Gasteiger charge is -2.14. The number of ether oxygens (including phenoxy) is 3. The predicted octanol–water partition coefficient (Wildman–Crippen LogP) is 2.46. The Bertz CT molecular complexity index is 699. The molecule has 0 spiro atoms. The van der Waals surface area contributed by atoms with Crippen molar-refractivity contribution in [2.45, 2.75) is 6.61 Å². The van der Waals surface area contributed by atoms with Gasteiger partial charge < -0.3 is 24.6 Å². The number of hydrogen-bond acceptors (Lipinski definition) is 5. The van der Waals surface area contributed by atoms with Crippen molar-refractivity contribution in [1.82, 2.24) is 0 Å². The maximum atomic E-state index is 12.5. The molecule has 2 aromatic carbocycles. The van der Waals surface area contributed by atoms with Gasteiger partial charge in [-0.1, -0.05) is 12.1 Å². The summed E-state index contributed by atoms with van der Waals surface area (Å²) in [6, 6.07) is 10.1. The number of hydrogen-bond donors (Lipinski definition) is 2. The number of aliphatic hydroxyl groups is 1. The van der Waals surface area contributed by atoms with Crippen LogP contribution in [0, 0.1) is 0 Å². The molecule has 0 saturated carbocycles. The number of methoxy groups -OCH3 is 3. The third-order valence-electron chi connectivity index (χ3n) is 3.32. The largest absolute Gasteiger partial charge is 0.496 e. The summed E-state index contributed by atoms with van der Waals surface area (Å²) >= 11 is 0. The number of anilines is 1. The van der Waals surface area contributed by atoms with E-state index in [1.54, 1.807) is 36.4 Å². The molecule has 0 heterocycles. The molecule has 6 nitrogen and oxygen atoms in total. The summed E-state index contributed by atoms with van der Waals surface area (Å²) in [6.07, 6.45) is 0. The molecule has 0 aromatic heterocycles. The first-order chi connectivity index (χ1) is 11.1. The van der Waals surface area contributed by atoms with Crippen LogP contribution < -0.4 is 19.5 Å². The van der Waals surface area contributed by atoms with Crippen molar-refractivity contribution < 1.29 is 24.1 Å². The molecule has 0 unspecified atom stereocenters. The van der Waals surface area contributed by atoms with Gasteiger partial charge in [0.05, 0.1) is 33.5 Å². The van der Waals surface area contributed by atoms with Crippen LogP contribution in [-0.2, 0) is 6.61 Å². The Morgan fingerprint density at radius 1 is 1.00 bits per heavy atom. The topological polar surface area (TPSA) is 77.0 Å². The van der Waals surface area contributed by atoms with Crippen LogP contribution in [-0.4, -0.2) is 32.3 Å². The Balaban J connectivity index is 2.34. The van der Waals surface area contributed by atoms with Crippen molar-refractivity contribution in [2.24, 2.45) is 0 Å². The molecule has 23 heavy (non-hydrogen) atoms. The van der Waals surface area contributed by atoms with Crippen LogP contribution in [0.25, 0.3) is 0 Å². The SMILES string of the molecule is COc1cc(OC)c(C(=O)Nc2cccc(CO)c2)cc1OC. The number of carbonyl (C=O) groups is 1. The Morgan fingerprint density at radius 2 is 1.65 bits per heavy atom. The Hall–Kier alpha value is -2.73. The van der Waals surface area contributed by atoms with Gasteiger partial charge in [0.2, 0.25) is 0 Å². The molecular formula is C17H19NO5. The lowest BCUT2D eigenvalue weighted by Crippen LogP contribution is -2.14. The van der Waals surface area contributed by atoms with Crippen LogP contribution in [0.1, 0.15) is 15.9 Å². The van der Waals surface area contributed by atoms with Crippen LogP contribution >= 0.6 is 0 Å². The highest BCUT2D eigenvalue weighted by Gasteiger charge is 2.18. The van der Waals surface area contributed by atoms with Crippen LogP contribution in [0.5, 0.6) is 17.2 Å². The average Bonchev–Trinajstić information content (AvgIpc) is 2.60. The van der Waals surface area contributed by atoms with Gasteiger partial charge in [-0.05, 0) is 17.7 Å². The molecule has 0 saturated heterocycles. The zero-order valence-corrected chi connectivity index (χ0v) is 13.3. The molecular weight excluding hydrogens is 298 g/mol. The monoisotopic (exact) mass is 317 g/mol. The van der Waals surface area contributed by atoms with E-state index < -0.39 is 0 Å². The van der Waals surface area contributed by atoms with Gasteiger partial charge in [-0.2, -0.15) is 0 Å². The molecule has 0 atom stereocenters. The number of amides is 1. The van der Waals surface area contributed by atoms with Crippen LogP contribution in [0.15, 0.2) is 36.4 Å². The van der Waals surface area contributed by atoms with E-state index in [0.29, 0.717) is 34.1 Å². The van der Waals surface area contributed by atoms with Crippen molar-refractivity contribution in [3.05, 3.63) is 47.5 Å². The second kappa shape index (κ2) is 7.51. The first kappa shape index (κ1) is 16.6. The molecule has 0 bridgehead atoms. The van der Waals surface area contributed by atoms with Crippen molar-refractivity contribution >= 4 is 11.6 Å². The van der Waals surface area contributed by atoms with Gasteiger partial charge in [-0.15, -0.1) is 0 Å². The molecule has 1 amide bonds. The molecule has 0 aliphatic carbocycles. The number of nitrogens with one attached hydrogen (secondary N) is 1. The highest BCUT2D eigenvalue weighted by Crippen LogP contribution is 2.34. The number of rotatable bonds is 6. The van der Waals surface area contributed by atoms with Crippen molar-refractivity contribution in [2.75, 3.05) is 26.6 Å². The predicted molar refractivity (Wildman–Crippen MR) is 86.4 cm³/mol. The van der Waals surface area contributed by atoms with Crippen LogP contribution in [0.4, 0.5) is 5.69 Å². The van der Waals surface area contributed by atoms with Crippen molar-refractivity contribution in [1.29, 1.82) is 0 Å². The van der Waals surface area contributed by atoms with E-state index in [2.05, 4.69) is 5.32 Å². The average molecular weight is 317 g/mol. The second-order valence-corrected chi connectivity index (χ2v) is 4.72. The number of benzene rings is 2. The molecule has 0 fully saturated rings. The fourth-order valence-corrected chi connectivity index (χ4v) is 2.15. The second-order valence-electron chi connectivity index (χ2n) is 4.72. The Morgan fingerprint density at radius 3 is 2.26 bits per heavy atom. The first-order valence-electron chi connectivity index (χ1n) is 6.94.